The molecule has 1 aromatic carbocycles. The number of aliphatic hydroxyl groups is 1. The average Bonchev–Trinajstić information content (AvgIpc) is 3.17. The van der Waals surface area contributed by atoms with Crippen molar-refractivity contribution in [2.24, 2.45) is 17.3 Å². The van der Waals surface area contributed by atoms with Gasteiger partial charge >= 0.3 is 0 Å². The van der Waals surface area contributed by atoms with Crippen LogP contribution in [0.25, 0.3) is 0 Å². The van der Waals surface area contributed by atoms with Crippen molar-refractivity contribution in [2.75, 3.05) is 28.4 Å². The van der Waals surface area contributed by atoms with Crippen molar-refractivity contribution in [3.8, 4) is 0 Å². The minimum Gasteiger partial charge on any atom is -0.385 e. The summed E-state index contributed by atoms with van der Waals surface area (Å²) in [5, 5.41) is 12.0. The van der Waals surface area contributed by atoms with Crippen LogP contribution in [0.2, 0.25) is 0 Å². The van der Waals surface area contributed by atoms with Gasteiger partial charge < -0.3 is 24.1 Å². The van der Waals surface area contributed by atoms with Crippen LogP contribution < -0.4 is 0 Å². The zero-order chi connectivity index (χ0) is 25.0. The van der Waals surface area contributed by atoms with E-state index >= 15 is 0 Å². The van der Waals surface area contributed by atoms with Gasteiger partial charge in [-0.15, -0.1) is 0 Å². The van der Waals surface area contributed by atoms with Crippen LogP contribution in [-0.4, -0.2) is 50.7 Å². The van der Waals surface area contributed by atoms with Gasteiger partial charge in [0.15, 0.2) is 12.1 Å². The first kappa shape index (κ1) is 25.1. The Kier molecular flexibility index (Phi) is 6.50. The molecule has 3 fully saturated rings. The summed E-state index contributed by atoms with van der Waals surface area (Å²) in [6, 6.07) is 8.44. The highest BCUT2D eigenvalue weighted by Gasteiger charge is 2.60. The molecule has 0 aliphatic heterocycles. The fraction of sp³-hybridized carbons (Fsp3) is 0.690. The number of carbonyl (C=O) groups excluding carboxylic acids is 1. The molecule has 3 saturated carbocycles. The summed E-state index contributed by atoms with van der Waals surface area (Å²) in [5.41, 5.74) is 3.51. The van der Waals surface area contributed by atoms with Gasteiger partial charge in [0.1, 0.15) is 5.78 Å². The maximum Gasteiger partial charge on any atom is 0.183 e. The van der Waals surface area contributed by atoms with E-state index in [1.165, 1.54) is 16.7 Å². The van der Waals surface area contributed by atoms with E-state index in [1.54, 1.807) is 28.4 Å². The Morgan fingerprint density at radius 1 is 0.971 bits per heavy atom. The van der Waals surface area contributed by atoms with Crippen molar-refractivity contribution in [3.63, 3.8) is 0 Å². The third-order valence-electron chi connectivity index (χ3n) is 9.91. The van der Waals surface area contributed by atoms with Gasteiger partial charge in [-0.25, -0.2) is 0 Å². The first-order valence-electron chi connectivity index (χ1n) is 13.0. The Labute approximate surface area is 209 Å². The predicted molar refractivity (Wildman–Crippen MR) is 132 cm³/mol. The quantitative estimate of drug-likeness (QED) is 0.449. The summed E-state index contributed by atoms with van der Waals surface area (Å²) in [5.74, 6) is 0.475. The highest BCUT2D eigenvalue weighted by molar-refractivity contribution is 5.87. The fourth-order valence-corrected chi connectivity index (χ4v) is 8.03. The Hall–Kier alpha value is -1.57. The van der Waals surface area contributed by atoms with Gasteiger partial charge in [0.2, 0.25) is 0 Å². The van der Waals surface area contributed by atoms with Crippen LogP contribution in [0.1, 0.15) is 81.6 Å². The molecule has 0 radical (unpaired) electrons. The first-order valence-corrected chi connectivity index (χ1v) is 13.0. The summed E-state index contributed by atoms with van der Waals surface area (Å²) in [6.07, 6.45) is 5.57. The first-order chi connectivity index (χ1) is 16.7. The molecule has 0 aromatic heterocycles. The van der Waals surface area contributed by atoms with Crippen molar-refractivity contribution in [2.45, 2.75) is 81.9 Å². The van der Waals surface area contributed by atoms with Gasteiger partial charge in [-0.3, -0.25) is 4.79 Å². The summed E-state index contributed by atoms with van der Waals surface area (Å²) >= 11 is 0. The highest BCUT2D eigenvalue weighted by Crippen LogP contribution is 2.64. The van der Waals surface area contributed by atoms with E-state index in [0.717, 1.165) is 37.7 Å². The molecule has 0 amide bonds. The molecular weight excluding hydrogens is 444 g/mol. The SMILES string of the molecule is COC(OC)c1ccc([C@H]2C[C@]3(C)C(=O)CC[C@H]3[C@@H]3CC[C@]4(O)CC(OC)(OC)CCC4=C32)cc1. The molecule has 1 aromatic rings. The number of allylic oxidation sites excluding steroid dienone is 1. The Bertz CT molecular complexity index is 991. The van der Waals surface area contributed by atoms with Crippen molar-refractivity contribution in [1.82, 2.24) is 0 Å². The molecule has 5 rings (SSSR count). The van der Waals surface area contributed by atoms with Crippen LogP contribution in [0, 0.1) is 17.3 Å². The fourth-order valence-electron chi connectivity index (χ4n) is 8.03. The van der Waals surface area contributed by atoms with Crippen LogP contribution in [0.4, 0.5) is 0 Å². The second-order valence-electron chi connectivity index (χ2n) is 11.3. The van der Waals surface area contributed by atoms with E-state index in [2.05, 4.69) is 31.2 Å². The van der Waals surface area contributed by atoms with Gasteiger partial charge in [0.05, 0.1) is 5.60 Å². The summed E-state index contributed by atoms with van der Waals surface area (Å²) in [7, 11) is 6.62. The summed E-state index contributed by atoms with van der Waals surface area (Å²) in [4.78, 5) is 13.2. The Morgan fingerprint density at radius 3 is 2.29 bits per heavy atom. The van der Waals surface area contributed by atoms with Crippen LogP contribution in [0.3, 0.4) is 0 Å². The number of hydrogen-bond acceptors (Lipinski definition) is 6. The largest absolute Gasteiger partial charge is 0.385 e. The lowest BCUT2D eigenvalue weighted by Gasteiger charge is -2.55. The van der Waals surface area contributed by atoms with E-state index in [-0.39, 0.29) is 11.3 Å². The van der Waals surface area contributed by atoms with Gasteiger partial charge in [0, 0.05) is 64.6 Å². The maximum absolute atomic E-state index is 13.2. The highest BCUT2D eigenvalue weighted by atomic mass is 16.7. The minimum absolute atomic E-state index is 0.111. The third kappa shape index (κ3) is 3.84. The molecule has 1 N–H and O–H groups in total. The third-order valence-corrected chi connectivity index (χ3v) is 9.91. The second kappa shape index (κ2) is 9.07. The van der Waals surface area contributed by atoms with Crippen molar-refractivity contribution >= 4 is 5.78 Å². The molecule has 0 saturated heterocycles. The van der Waals surface area contributed by atoms with Gasteiger partial charge in [-0.2, -0.15) is 0 Å². The second-order valence-corrected chi connectivity index (χ2v) is 11.3. The molecule has 6 heteroatoms. The average molecular weight is 485 g/mol. The molecule has 0 bridgehead atoms. The van der Waals surface area contributed by atoms with E-state index in [4.69, 9.17) is 18.9 Å². The number of ketones is 1. The topological polar surface area (TPSA) is 74.2 Å². The molecular formula is C29H40O6. The summed E-state index contributed by atoms with van der Waals surface area (Å²) < 4.78 is 22.4. The zero-order valence-corrected chi connectivity index (χ0v) is 21.8. The molecule has 35 heavy (non-hydrogen) atoms. The molecule has 4 aliphatic carbocycles. The number of fused-ring (bicyclic) bond motifs is 4. The van der Waals surface area contributed by atoms with Crippen LogP contribution >= 0.6 is 0 Å². The molecule has 4 aliphatic rings. The number of methoxy groups -OCH3 is 4. The molecule has 192 valence electrons. The zero-order valence-electron chi connectivity index (χ0n) is 21.8. The normalized spacial score (nSPS) is 36.2. The monoisotopic (exact) mass is 484 g/mol. The molecule has 6 nitrogen and oxygen atoms in total. The number of rotatable bonds is 6. The van der Waals surface area contributed by atoms with E-state index in [1.807, 2.05) is 0 Å². The number of Topliss-reactive ketones (excluding diaryl/α,β-unsaturated/α-hetero) is 1. The van der Waals surface area contributed by atoms with Gasteiger partial charge in [0.25, 0.3) is 0 Å². The summed E-state index contributed by atoms with van der Waals surface area (Å²) in [6.45, 7) is 2.20. The lowest BCUT2D eigenvalue weighted by molar-refractivity contribution is -0.246. The van der Waals surface area contributed by atoms with E-state index < -0.39 is 17.7 Å². The van der Waals surface area contributed by atoms with Gasteiger partial charge in [-0.1, -0.05) is 36.8 Å². The number of ether oxygens (including phenoxy) is 4. The van der Waals surface area contributed by atoms with Gasteiger partial charge in [-0.05, 0) is 55.1 Å². The number of benzene rings is 1. The van der Waals surface area contributed by atoms with Crippen LogP contribution in [-0.2, 0) is 23.7 Å². The lowest BCUT2D eigenvalue weighted by Crippen LogP contribution is -2.54. The lowest BCUT2D eigenvalue weighted by atomic mass is 9.51. The Morgan fingerprint density at radius 2 is 1.66 bits per heavy atom. The standard InChI is InChI=1S/C29H40O6/c1-27-16-21(18-6-8-19(9-7-18)26(32-2)33-3)25-20(22(27)10-11-24(27)30)12-14-28(31)17-29(34-4,35-5)15-13-23(25)28/h6-9,20-22,26,31H,10-17H2,1-5H3/t20-,21+,22-,27-,28-/m0/s1. The number of carbonyl (C=O) groups is 1. The van der Waals surface area contributed by atoms with Crippen molar-refractivity contribution in [1.29, 1.82) is 0 Å². The Balaban J connectivity index is 1.60. The molecule has 0 spiro atoms. The van der Waals surface area contributed by atoms with Crippen molar-refractivity contribution in [3.05, 3.63) is 46.5 Å². The molecule has 5 atom stereocenters. The molecule has 0 heterocycles. The van der Waals surface area contributed by atoms with Crippen LogP contribution in [0.15, 0.2) is 35.4 Å². The smallest absolute Gasteiger partial charge is 0.183 e. The predicted octanol–water partition coefficient (Wildman–Crippen LogP) is 5.06. The molecule has 0 unspecified atom stereocenters. The number of hydrogen-bond donors (Lipinski definition) is 1. The van der Waals surface area contributed by atoms with E-state index in [9.17, 15) is 9.90 Å². The van der Waals surface area contributed by atoms with E-state index in [0.29, 0.717) is 36.9 Å². The minimum atomic E-state index is -0.929. The van der Waals surface area contributed by atoms with Crippen molar-refractivity contribution < 1.29 is 28.8 Å². The maximum atomic E-state index is 13.2. The van der Waals surface area contributed by atoms with Crippen LogP contribution in [0.5, 0.6) is 0 Å².